The smallest absolute Gasteiger partial charge is 0.0617 e. The van der Waals surface area contributed by atoms with Crippen LogP contribution in [-0.2, 0) is 0 Å². The molecule has 0 radical (unpaired) electrons. The molecule has 0 aromatic heterocycles. The molecule has 0 saturated carbocycles. The van der Waals surface area contributed by atoms with Crippen molar-refractivity contribution in [2.45, 2.75) is 83.1 Å². The number of rotatable bonds is 0. The first kappa shape index (κ1) is 24.4. The SMILES string of the molecule is CC(C)(C)C1=CC(C#CC#CC2C=C(C(C)(C)C)C=C2C(C)(C)C)C(C(C)(C)C)=C1. The van der Waals surface area contributed by atoms with E-state index in [1.54, 1.807) is 0 Å². The van der Waals surface area contributed by atoms with Gasteiger partial charge in [-0.2, -0.15) is 0 Å². The zero-order valence-electron chi connectivity index (χ0n) is 21.5. The van der Waals surface area contributed by atoms with Crippen molar-refractivity contribution in [3.05, 3.63) is 46.6 Å². The lowest BCUT2D eigenvalue weighted by atomic mass is 9.80. The molecule has 0 aliphatic heterocycles. The van der Waals surface area contributed by atoms with Gasteiger partial charge in [0, 0.05) is 0 Å². The van der Waals surface area contributed by atoms with Crippen LogP contribution in [-0.4, -0.2) is 0 Å². The van der Waals surface area contributed by atoms with Crippen molar-refractivity contribution >= 4 is 0 Å². The van der Waals surface area contributed by atoms with Crippen molar-refractivity contribution < 1.29 is 0 Å². The van der Waals surface area contributed by atoms with E-state index in [9.17, 15) is 0 Å². The molecule has 2 atom stereocenters. The van der Waals surface area contributed by atoms with Crippen LogP contribution in [0.4, 0.5) is 0 Å². The Kier molecular flexibility index (Phi) is 6.47. The highest BCUT2D eigenvalue weighted by atomic mass is 14.4. The first-order chi connectivity index (χ1) is 13.4. The molecule has 0 spiro atoms. The number of allylic oxidation sites excluding steroid dienone is 8. The maximum atomic E-state index is 3.45. The molecule has 0 aromatic rings. The van der Waals surface area contributed by atoms with Gasteiger partial charge in [-0.3, -0.25) is 0 Å². The van der Waals surface area contributed by atoms with E-state index < -0.39 is 0 Å². The highest BCUT2D eigenvalue weighted by Crippen LogP contribution is 2.43. The van der Waals surface area contributed by atoms with Gasteiger partial charge >= 0.3 is 0 Å². The lowest BCUT2D eigenvalue weighted by Gasteiger charge is -2.24. The van der Waals surface area contributed by atoms with Crippen molar-refractivity contribution in [3.63, 3.8) is 0 Å². The number of hydrogen-bond donors (Lipinski definition) is 0. The Bertz CT molecular complexity index is 841. The van der Waals surface area contributed by atoms with Crippen molar-refractivity contribution in [3.8, 4) is 23.7 Å². The Labute approximate surface area is 187 Å². The highest BCUT2D eigenvalue weighted by Gasteiger charge is 2.32. The van der Waals surface area contributed by atoms with Crippen LogP contribution >= 0.6 is 0 Å². The van der Waals surface area contributed by atoms with Crippen molar-refractivity contribution in [2.75, 3.05) is 0 Å². The summed E-state index contributed by atoms with van der Waals surface area (Å²) in [6, 6.07) is 0. The Morgan fingerprint density at radius 2 is 0.800 bits per heavy atom. The third-order valence-electron chi connectivity index (χ3n) is 5.97. The van der Waals surface area contributed by atoms with Gasteiger partial charge in [-0.05, 0) is 55.8 Å². The average molecular weight is 403 g/mol. The summed E-state index contributed by atoms with van der Waals surface area (Å²) in [5.74, 6) is 13.6. The molecule has 2 aliphatic rings. The zero-order chi connectivity index (χ0) is 23.1. The van der Waals surface area contributed by atoms with E-state index in [0.29, 0.717) is 0 Å². The normalized spacial score (nSPS) is 22.3. The van der Waals surface area contributed by atoms with Crippen LogP contribution in [0, 0.1) is 57.2 Å². The average Bonchev–Trinajstić information content (AvgIpc) is 3.14. The molecule has 0 heterocycles. The summed E-state index contributed by atoms with van der Waals surface area (Å²) < 4.78 is 0. The molecular formula is C30H42. The molecule has 2 rings (SSSR count). The minimum atomic E-state index is 0.105. The third-order valence-corrected chi connectivity index (χ3v) is 5.97. The fourth-order valence-electron chi connectivity index (χ4n) is 3.92. The fraction of sp³-hybridized carbons (Fsp3) is 0.600. The molecule has 162 valence electrons. The molecule has 0 heteroatoms. The molecule has 2 aliphatic carbocycles. The monoisotopic (exact) mass is 402 g/mol. The minimum absolute atomic E-state index is 0.105. The van der Waals surface area contributed by atoms with Gasteiger partial charge in [-0.25, -0.2) is 0 Å². The van der Waals surface area contributed by atoms with E-state index in [1.807, 2.05) is 0 Å². The van der Waals surface area contributed by atoms with Crippen LogP contribution in [0.15, 0.2) is 46.6 Å². The molecule has 30 heavy (non-hydrogen) atoms. The van der Waals surface area contributed by atoms with Crippen LogP contribution in [0.1, 0.15) is 83.1 Å². The second-order valence-electron chi connectivity index (χ2n) is 12.9. The third kappa shape index (κ3) is 5.82. The van der Waals surface area contributed by atoms with Gasteiger partial charge in [0.25, 0.3) is 0 Å². The van der Waals surface area contributed by atoms with Gasteiger partial charge in [0.15, 0.2) is 0 Å². The van der Waals surface area contributed by atoms with Gasteiger partial charge in [-0.1, -0.05) is 119 Å². The fourth-order valence-corrected chi connectivity index (χ4v) is 3.92. The lowest BCUT2D eigenvalue weighted by Crippen LogP contribution is -2.14. The molecule has 0 nitrogen and oxygen atoms in total. The van der Waals surface area contributed by atoms with E-state index >= 15 is 0 Å². The quantitative estimate of drug-likeness (QED) is 0.359. The highest BCUT2D eigenvalue weighted by molar-refractivity contribution is 5.49. The minimum Gasteiger partial charge on any atom is -0.0770 e. The van der Waals surface area contributed by atoms with Crippen molar-refractivity contribution in [1.29, 1.82) is 0 Å². The zero-order valence-corrected chi connectivity index (χ0v) is 21.5. The summed E-state index contributed by atoms with van der Waals surface area (Å²) in [7, 11) is 0. The van der Waals surface area contributed by atoms with E-state index in [1.165, 1.54) is 22.3 Å². The molecule has 2 unspecified atom stereocenters. The largest absolute Gasteiger partial charge is 0.0770 e. The molecule has 0 saturated heterocycles. The first-order valence-electron chi connectivity index (χ1n) is 11.3. The summed E-state index contributed by atoms with van der Waals surface area (Å²) in [6.45, 7) is 27.3. The van der Waals surface area contributed by atoms with Gasteiger partial charge in [0.2, 0.25) is 0 Å². The van der Waals surface area contributed by atoms with Crippen LogP contribution in [0.2, 0.25) is 0 Å². The van der Waals surface area contributed by atoms with Crippen LogP contribution < -0.4 is 0 Å². The Morgan fingerprint density at radius 1 is 0.500 bits per heavy atom. The first-order valence-corrected chi connectivity index (χ1v) is 11.3. The van der Waals surface area contributed by atoms with Gasteiger partial charge in [0.1, 0.15) is 0 Å². The molecule has 0 bridgehead atoms. The summed E-state index contributed by atoms with van der Waals surface area (Å²) in [5.41, 5.74) is 6.05. The lowest BCUT2D eigenvalue weighted by molar-refractivity contribution is 0.478. The maximum Gasteiger partial charge on any atom is 0.0617 e. The van der Waals surface area contributed by atoms with E-state index in [2.05, 4.69) is 131 Å². The van der Waals surface area contributed by atoms with Gasteiger partial charge in [-0.15, -0.1) is 0 Å². The molecular weight excluding hydrogens is 360 g/mol. The molecule has 0 fully saturated rings. The van der Waals surface area contributed by atoms with Gasteiger partial charge in [0.05, 0.1) is 11.8 Å². The van der Waals surface area contributed by atoms with E-state index in [-0.39, 0.29) is 33.5 Å². The van der Waals surface area contributed by atoms with Crippen LogP contribution in [0.5, 0.6) is 0 Å². The summed E-state index contributed by atoms with van der Waals surface area (Å²) >= 11 is 0. The van der Waals surface area contributed by atoms with Crippen LogP contribution in [0.3, 0.4) is 0 Å². The van der Waals surface area contributed by atoms with Gasteiger partial charge < -0.3 is 0 Å². The van der Waals surface area contributed by atoms with Crippen molar-refractivity contribution in [1.82, 2.24) is 0 Å². The Balaban J connectivity index is 2.33. The van der Waals surface area contributed by atoms with Crippen molar-refractivity contribution in [2.24, 2.45) is 33.5 Å². The molecule has 0 amide bonds. The second-order valence-corrected chi connectivity index (χ2v) is 12.9. The van der Waals surface area contributed by atoms with E-state index in [4.69, 9.17) is 0 Å². The summed E-state index contributed by atoms with van der Waals surface area (Å²) in [6.07, 6.45) is 9.40. The Morgan fingerprint density at radius 3 is 1.03 bits per heavy atom. The topological polar surface area (TPSA) is 0 Å². The second kappa shape index (κ2) is 7.97. The standard InChI is InChI=1S/C30H42/c1-27(2,3)23-17-21(25(19-23)29(7,8)9)15-13-14-16-22-18-24(28(4,5)6)20-26(22)30(10,11)12/h17-22H,1-12H3. The van der Waals surface area contributed by atoms with E-state index in [0.717, 1.165) is 0 Å². The molecule has 0 aromatic carbocycles. The van der Waals surface area contributed by atoms with Crippen LogP contribution in [0.25, 0.3) is 0 Å². The predicted molar refractivity (Wildman–Crippen MR) is 133 cm³/mol. The predicted octanol–water partition coefficient (Wildman–Crippen LogP) is 8.14. The molecule has 0 N–H and O–H groups in total. The summed E-state index contributed by atoms with van der Waals surface area (Å²) in [4.78, 5) is 0. The maximum absolute atomic E-state index is 3.45. The summed E-state index contributed by atoms with van der Waals surface area (Å²) in [5, 5.41) is 0. The Hall–Kier alpha value is -1.92. The number of hydrogen-bond acceptors (Lipinski definition) is 0.